The van der Waals surface area contributed by atoms with Gasteiger partial charge in [-0.15, -0.1) is 0 Å². The van der Waals surface area contributed by atoms with E-state index in [1.54, 1.807) is 0 Å². The van der Waals surface area contributed by atoms with Gasteiger partial charge in [0.15, 0.2) is 11.5 Å². The van der Waals surface area contributed by atoms with Gasteiger partial charge in [-0.1, -0.05) is 15.9 Å². The highest BCUT2D eigenvalue weighted by Gasteiger charge is 2.22. The molecule has 0 fully saturated rings. The molecule has 0 heterocycles. The Morgan fingerprint density at radius 2 is 1.50 bits per heavy atom. The van der Waals surface area contributed by atoms with Crippen LogP contribution in [-0.4, -0.2) is 38.2 Å². The third-order valence-corrected chi connectivity index (χ3v) is 2.83. The maximum Gasteiger partial charge on any atom is 0.233 e. The molecule has 0 N–H and O–H groups in total. The van der Waals surface area contributed by atoms with Crippen LogP contribution >= 0.6 is 15.9 Å². The zero-order valence-electron chi connectivity index (χ0n) is 10.3. The lowest BCUT2D eigenvalue weighted by molar-refractivity contribution is -0.112. The minimum Gasteiger partial charge on any atom is -0.496 e. The van der Waals surface area contributed by atoms with Crippen molar-refractivity contribution < 1.29 is 23.8 Å². The Hall–Kier alpha value is -1.56. The van der Waals surface area contributed by atoms with Gasteiger partial charge >= 0.3 is 0 Å². The van der Waals surface area contributed by atoms with Crippen molar-refractivity contribution in [2.24, 2.45) is 0 Å². The molecule has 0 aliphatic heterocycles. The highest BCUT2D eigenvalue weighted by molar-refractivity contribution is 9.09. The van der Waals surface area contributed by atoms with Crippen molar-refractivity contribution >= 4 is 27.5 Å². The molecule has 5 nitrogen and oxygen atoms in total. The monoisotopic (exact) mass is 316 g/mol. The summed E-state index contributed by atoms with van der Waals surface area (Å²) in [7, 11) is 4.34. The zero-order valence-corrected chi connectivity index (χ0v) is 11.9. The second kappa shape index (κ2) is 6.39. The van der Waals surface area contributed by atoms with Crippen LogP contribution in [0, 0.1) is 0 Å². The molecule has 1 aromatic carbocycles. The number of ketones is 2. The highest BCUT2D eigenvalue weighted by atomic mass is 79.9. The predicted octanol–water partition coefficient (Wildman–Crippen LogP) is 1.86. The molecule has 0 bridgehead atoms. The van der Waals surface area contributed by atoms with Gasteiger partial charge in [0.1, 0.15) is 5.75 Å². The van der Waals surface area contributed by atoms with Crippen LogP contribution in [0.5, 0.6) is 17.2 Å². The van der Waals surface area contributed by atoms with Gasteiger partial charge in [0.05, 0.1) is 32.2 Å². The Balaban J connectivity index is 3.34. The van der Waals surface area contributed by atoms with E-state index in [-0.39, 0.29) is 16.6 Å². The molecule has 0 aromatic heterocycles. The molecular formula is C12H13BrO5. The van der Waals surface area contributed by atoms with E-state index in [1.807, 2.05) is 0 Å². The van der Waals surface area contributed by atoms with Crippen LogP contribution < -0.4 is 14.2 Å². The van der Waals surface area contributed by atoms with Gasteiger partial charge in [-0.05, 0) is 6.07 Å². The minimum absolute atomic E-state index is 0.0384. The summed E-state index contributed by atoms with van der Waals surface area (Å²) in [6.07, 6.45) is 0. The number of benzene rings is 1. The average Bonchev–Trinajstić information content (AvgIpc) is 2.43. The summed E-state index contributed by atoms with van der Waals surface area (Å²) >= 11 is 2.96. The fourth-order valence-corrected chi connectivity index (χ4v) is 1.67. The first kappa shape index (κ1) is 14.5. The summed E-state index contributed by atoms with van der Waals surface area (Å²) in [4.78, 5) is 23.3. The van der Waals surface area contributed by atoms with Crippen molar-refractivity contribution in [3.05, 3.63) is 17.7 Å². The molecule has 18 heavy (non-hydrogen) atoms. The third kappa shape index (κ3) is 2.81. The van der Waals surface area contributed by atoms with Crippen molar-refractivity contribution in [1.82, 2.24) is 0 Å². The zero-order chi connectivity index (χ0) is 13.7. The average molecular weight is 317 g/mol. The van der Waals surface area contributed by atoms with Crippen molar-refractivity contribution in [2.45, 2.75) is 0 Å². The lowest BCUT2D eigenvalue weighted by Crippen LogP contribution is -2.16. The molecule has 0 aliphatic rings. The SMILES string of the molecule is COc1cc(OC)c(C(=O)C(=O)CBr)cc1OC. The Labute approximate surface area is 113 Å². The summed E-state index contributed by atoms with van der Waals surface area (Å²) in [6, 6.07) is 2.94. The number of hydrogen-bond acceptors (Lipinski definition) is 5. The van der Waals surface area contributed by atoms with E-state index in [4.69, 9.17) is 14.2 Å². The van der Waals surface area contributed by atoms with Gasteiger partial charge in [-0.3, -0.25) is 9.59 Å². The Bertz CT molecular complexity index is 470. The Morgan fingerprint density at radius 1 is 1.00 bits per heavy atom. The van der Waals surface area contributed by atoms with Gasteiger partial charge in [0.25, 0.3) is 0 Å². The minimum atomic E-state index is -0.635. The van der Waals surface area contributed by atoms with E-state index in [9.17, 15) is 9.59 Å². The number of ether oxygens (including phenoxy) is 3. The largest absolute Gasteiger partial charge is 0.496 e. The molecule has 0 unspecified atom stereocenters. The van der Waals surface area contributed by atoms with Crippen LogP contribution in [0.25, 0.3) is 0 Å². The van der Waals surface area contributed by atoms with Crippen molar-refractivity contribution in [2.75, 3.05) is 26.7 Å². The molecule has 98 valence electrons. The fraction of sp³-hybridized carbons (Fsp3) is 0.333. The van der Waals surface area contributed by atoms with E-state index in [0.29, 0.717) is 11.5 Å². The second-order valence-electron chi connectivity index (χ2n) is 3.29. The summed E-state index contributed by atoms with van der Waals surface area (Å²) < 4.78 is 15.3. The van der Waals surface area contributed by atoms with E-state index in [1.165, 1.54) is 33.5 Å². The number of Topliss-reactive ketones (excluding diaryl/α,β-unsaturated/α-hetero) is 2. The predicted molar refractivity (Wildman–Crippen MR) is 69.2 cm³/mol. The molecule has 0 aliphatic carbocycles. The number of carbonyl (C=O) groups excluding carboxylic acids is 2. The third-order valence-electron chi connectivity index (χ3n) is 2.32. The summed E-state index contributed by atoms with van der Waals surface area (Å²) in [5.41, 5.74) is 0.152. The van der Waals surface area contributed by atoms with E-state index >= 15 is 0 Å². The second-order valence-corrected chi connectivity index (χ2v) is 3.85. The molecule has 0 radical (unpaired) electrons. The number of alkyl halides is 1. The maximum atomic E-state index is 11.9. The van der Waals surface area contributed by atoms with E-state index in [2.05, 4.69) is 15.9 Å². The molecular weight excluding hydrogens is 304 g/mol. The number of carbonyl (C=O) groups is 2. The molecule has 0 saturated heterocycles. The number of hydrogen-bond donors (Lipinski definition) is 0. The Morgan fingerprint density at radius 3 is 1.94 bits per heavy atom. The molecule has 6 heteroatoms. The van der Waals surface area contributed by atoms with E-state index in [0.717, 1.165) is 0 Å². The molecule has 1 aromatic rings. The van der Waals surface area contributed by atoms with Crippen molar-refractivity contribution in [3.8, 4) is 17.2 Å². The van der Waals surface area contributed by atoms with Gasteiger partial charge in [-0.25, -0.2) is 0 Å². The van der Waals surface area contributed by atoms with Gasteiger partial charge in [-0.2, -0.15) is 0 Å². The van der Waals surface area contributed by atoms with Crippen LogP contribution in [0.1, 0.15) is 10.4 Å². The first-order valence-corrected chi connectivity index (χ1v) is 6.14. The van der Waals surface area contributed by atoms with Crippen LogP contribution in [0.2, 0.25) is 0 Å². The quantitative estimate of drug-likeness (QED) is 0.455. The number of rotatable bonds is 6. The number of halogens is 1. The molecule has 0 atom stereocenters. The summed E-state index contributed by atoms with van der Waals surface area (Å²) in [6.45, 7) is 0. The van der Waals surface area contributed by atoms with Gasteiger partial charge in [0, 0.05) is 6.07 Å². The molecule has 0 amide bonds. The maximum absolute atomic E-state index is 11.9. The lowest BCUT2D eigenvalue weighted by atomic mass is 10.1. The Kier molecular flexibility index (Phi) is 5.15. The van der Waals surface area contributed by atoms with Crippen molar-refractivity contribution in [1.29, 1.82) is 0 Å². The lowest BCUT2D eigenvalue weighted by Gasteiger charge is -2.12. The van der Waals surface area contributed by atoms with Crippen molar-refractivity contribution in [3.63, 3.8) is 0 Å². The van der Waals surface area contributed by atoms with Crippen LogP contribution in [0.4, 0.5) is 0 Å². The van der Waals surface area contributed by atoms with E-state index < -0.39 is 11.6 Å². The molecule has 0 spiro atoms. The van der Waals surface area contributed by atoms with Crippen LogP contribution in [0.3, 0.4) is 0 Å². The summed E-state index contributed by atoms with van der Waals surface area (Å²) in [5.74, 6) is -0.127. The highest BCUT2D eigenvalue weighted by Crippen LogP contribution is 2.34. The van der Waals surface area contributed by atoms with Crippen LogP contribution in [0.15, 0.2) is 12.1 Å². The number of methoxy groups -OCH3 is 3. The molecule has 0 saturated carbocycles. The summed E-state index contributed by atoms with van der Waals surface area (Å²) in [5, 5.41) is -0.0384. The van der Waals surface area contributed by atoms with Crippen LogP contribution in [-0.2, 0) is 4.79 Å². The molecule has 1 rings (SSSR count). The topological polar surface area (TPSA) is 61.8 Å². The first-order valence-electron chi connectivity index (χ1n) is 5.02. The normalized spacial score (nSPS) is 9.78. The van der Waals surface area contributed by atoms with Gasteiger partial charge < -0.3 is 14.2 Å². The smallest absolute Gasteiger partial charge is 0.233 e. The first-order chi connectivity index (χ1) is 8.58. The van der Waals surface area contributed by atoms with Gasteiger partial charge in [0.2, 0.25) is 11.6 Å². The fourth-order valence-electron chi connectivity index (χ4n) is 1.42. The standard InChI is InChI=1S/C12H13BrO5/c1-16-9-5-11(18-3)10(17-2)4-7(9)12(15)8(14)6-13/h4-5H,6H2,1-3H3.